The van der Waals surface area contributed by atoms with Gasteiger partial charge < -0.3 is 19.3 Å². The van der Waals surface area contributed by atoms with Crippen LogP contribution in [0.3, 0.4) is 0 Å². The molecule has 2 aromatic carbocycles. The molecule has 26 heavy (non-hydrogen) atoms. The van der Waals surface area contributed by atoms with Crippen molar-refractivity contribution in [2.75, 3.05) is 27.9 Å². The largest absolute Gasteiger partial charge is 0.493 e. The summed E-state index contributed by atoms with van der Waals surface area (Å²) in [6.45, 7) is 2.20. The minimum atomic E-state index is 0.138. The third-order valence-corrected chi connectivity index (χ3v) is 4.46. The molecule has 0 saturated carbocycles. The topological polar surface area (TPSA) is 60.8 Å². The molecule has 0 aliphatic carbocycles. The van der Waals surface area contributed by atoms with E-state index in [1.54, 1.807) is 21.3 Å². The van der Waals surface area contributed by atoms with E-state index in [4.69, 9.17) is 24.3 Å². The van der Waals surface area contributed by atoms with Gasteiger partial charge in [-0.2, -0.15) is 0 Å². The van der Waals surface area contributed by atoms with Gasteiger partial charge in [-0.15, -0.1) is 0 Å². The predicted molar refractivity (Wildman–Crippen MR) is 102 cm³/mol. The lowest BCUT2D eigenvalue weighted by Gasteiger charge is -2.16. The molecular formula is C21H23NO4. The van der Waals surface area contributed by atoms with E-state index in [1.165, 1.54) is 0 Å². The second-order valence-corrected chi connectivity index (χ2v) is 6.03. The van der Waals surface area contributed by atoms with Gasteiger partial charge in [-0.1, -0.05) is 6.07 Å². The number of aromatic nitrogens is 1. The Bertz CT molecular complexity index is 937. The average Bonchev–Trinajstić information content (AvgIpc) is 2.67. The van der Waals surface area contributed by atoms with Crippen LogP contribution in [0.4, 0.5) is 0 Å². The van der Waals surface area contributed by atoms with E-state index >= 15 is 0 Å². The number of aliphatic hydroxyl groups is 1. The molecule has 0 spiro atoms. The SMILES string of the molecule is COc1ccc(-c2cc(C)c3cc(CCO)ccc3n2)c(OC)c1OC. The van der Waals surface area contributed by atoms with Gasteiger partial charge in [0.15, 0.2) is 11.5 Å². The molecule has 5 heteroatoms. The summed E-state index contributed by atoms with van der Waals surface area (Å²) < 4.78 is 16.4. The van der Waals surface area contributed by atoms with Crippen LogP contribution < -0.4 is 14.2 Å². The number of ether oxygens (including phenoxy) is 3. The molecule has 1 heterocycles. The van der Waals surface area contributed by atoms with Gasteiger partial charge >= 0.3 is 0 Å². The van der Waals surface area contributed by atoms with Gasteiger partial charge in [-0.25, -0.2) is 4.98 Å². The molecule has 0 unspecified atom stereocenters. The Morgan fingerprint density at radius 3 is 2.35 bits per heavy atom. The average molecular weight is 353 g/mol. The number of methoxy groups -OCH3 is 3. The number of pyridine rings is 1. The lowest BCUT2D eigenvalue weighted by molar-refractivity contribution is 0.299. The van der Waals surface area contributed by atoms with Gasteiger partial charge in [0.2, 0.25) is 5.75 Å². The molecule has 3 rings (SSSR count). The van der Waals surface area contributed by atoms with Crippen LogP contribution in [0.25, 0.3) is 22.2 Å². The van der Waals surface area contributed by atoms with Crippen LogP contribution in [0.1, 0.15) is 11.1 Å². The Morgan fingerprint density at radius 1 is 0.923 bits per heavy atom. The highest BCUT2D eigenvalue weighted by Gasteiger charge is 2.18. The first-order valence-electron chi connectivity index (χ1n) is 8.43. The summed E-state index contributed by atoms with van der Waals surface area (Å²) in [4.78, 5) is 4.81. The zero-order valence-electron chi connectivity index (χ0n) is 15.5. The van der Waals surface area contributed by atoms with E-state index in [9.17, 15) is 0 Å². The van der Waals surface area contributed by atoms with E-state index in [1.807, 2.05) is 30.3 Å². The molecule has 3 aromatic rings. The Morgan fingerprint density at radius 2 is 1.69 bits per heavy atom. The number of aryl methyl sites for hydroxylation is 1. The third kappa shape index (κ3) is 3.18. The van der Waals surface area contributed by atoms with Gasteiger partial charge in [0.05, 0.1) is 32.5 Å². The standard InChI is InChI=1S/C21H23NO4/c1-13-11-18(22-17-7-5-14(9-10-23)12-16(13)17)15-6-8-19(24-2)21(26-4)20(15)25-3/h5-8,11-12,23H,9-10H2,1-4H3. The number of aliphatic hydroxyl groups excluding tert-OH is 1. The van der Waals surface area contributed by atoms with Crippen molar-refractivity contribution in [1.82, 2.24) is 4.98 Å². The zero-order chi connectivity index (χ0) is 18.7. The number of rotatable bonds is 6. The quantitative estimate of drug-likeness (QED) is 0.731. The first kappa shape index (κ1) is 18.0. The van der Waals surface area contributed by atoms with Gasteiger partial charge in [0.25, 0.3) is 0 Å². The molecule has 0 bridgehead atoms. The van der Waals surface area contributed by atoms with Crippen LogP contribution in [-0.2, 0) is 6.42 Å². The number of hydrogen-bond donors (Lipinski definition) is 1. The molecule has 0 aliphatic heterocycles. The second-order valence-electron chi connectivity index (χ2n) is 6.03. The summed E-state index contributed by atoms with van der Waals surface area (Å²) >= 11 is 0. The fourth-order valence-corrected chi connectivity index (χ4v) is 3.17. The molecule has 0 amide bonds. The molecule has 0 fully saturated rings. The summed E-state index contributed by atoms with van der Waals surface area (Å²) in [6.07, 6.45) is 0.640. The second kappa shape index (κ2) is 7.62. The monoisotopic (exact) mass is 353 g/mol. The molecule has 0 saturated heterocycles. The van der Waals surface area contributed by atoms with Crippen molar-refractivity contribution in [3.8, 4) is 28.5 Å². The van der Waals surface area contributed by atoms with Crippen LogP contribution in [-0.4, -0.2) is 38.0 Å². The molecule has 1 N–H and O–H groups in total. The number of fused-ring (bicyclic) bond motifs is 1. The minimum Gasteiger partial charge on any atom is -0.493 e. The maximum absolute atomic E-state index is 9.15. The Labute approximate surface area is 153 Å². The van der Waals surface area contributed by atoms with E-state index in [0.29, 0.717) is 23.7 Å². The van der Waals surface area contributed by atoms with E-state index in [2.05, 4.69) is 13.0 Å². The van der Waals surface area contributed by atoms with E-state index < -0.39 is 0 Å². The van der Waals surface area contributed by atoms with Crippen molar-refractivity contribution in [2.45, 2.75) is 13.3 Å². The molecule has 5 nitrogen and oxygen atoms in total. The van der Waals surface area contributed by atoms with Crippen molar-refractivity contribution < 1.29 is 19.3 Å². The van der Waals surface area contributed by atoms with E-state index in [-0.39, 0.29) is 6.61 Å². The zero-order valence-corrected chi connectivity index (χ0v) is 15.5. The first-order chi connectivity index (χ1) is 12.6. The fraction of sp³-hybridized carbons (Fsp3) is 0.286. The summed E-state index contributed by atoms with van der Waals surface area (Å²) in [6, 6.07) is 11.9. The summed E-state index contributed by atoms with van der Waals surface area (Å²) in [5.74, 6) is 1.75. The first-order valence-corrected chi connectivity index (χ1v) is 8.43. The van der Waals surface area contributed by atoms with Gasteiger partial charge in [-0.3, -0.25) is 0 Å². The molecule has 1 aromatic heterocycles. The van der Waals surface area contributed by atoms with Crippen LogP contribution in [0, 0.1) is 6.92 Å². The van der Waals surface area contributed by atoms with Gasteiger partial charge in [-0.05, 0) is 54.8 Å². The highest BCUT2D eigenvalue weighted by molar-refractivity contribution is 5.87. The molecule has 0 atom stereocenters. The number of nitrogens with zero attached hydrogens (tertiary/aromatic N) is 1. The lowest BCUT2D eigenvalue weighted by Crippen LogP contribution is -1.98. The Balaban J connectivity index is 2.18. The lowest BCUT2D eigenvalue weighted by atomic mass is 10.0. The van der Waals surface area contributed by atoms with Crippen molar-refractivity contribution >= 4 is 10.9 Å². The fourth-order valence-electron chi connectivity index (χ4n) is 3.17. The third-order valence-electron chi connectivity index (χ3n) is 4.46. The normalized spacial score (nSPS) is 10.8. The molecule has 0 aliphatic rings. The van der Waals surface area contributed by atoms with Gasteiger partial charge in [0.1, 0.15) is 0 Å². The highest BCUT2D eigenvalue weighted by atomic mass is 16.5. The predicted octanol–water partition coefficient (Wildman–Crippen LogP) is 3.77. The highest BCUT2D eigenvalue weighted by Crippen LogP contribution is 2.44. The van der Waals surface area contributed by atoms with Crippen molar-refractivity contribution in [3.05, 3.63) is 47.5 Å². The summed E-state index contributed by atoms with van der Waals surface area (Å²) in [5.41, 5.74) is 4.76. The summed E-state index contributed by atoms with van der Waals surface area (Å²) in [7, 11) is 4.79. The molecule has 0 radical (unpaired) electrons. The van der Waals surface area contributed by atoms with Crippen molar-refractivity contribution in [1.29, 1.82) is 0 Å². The van der Waals surface area contributed by atoms with E-state index in [0.717, 1.165) is 33.3 Å². The maximum atomic E-state index is 9.15. The number of benzene rings is 2. The van der Waals surface area contributed by atoms with Crippen molar-refractivity contribution in [3.63, 3.8) is 0 Å². The van der Waals surface area contributed by atoms with Crippen LogP contribution >= 0.6 is 0 Å². The maximum Gasteiger partial charge on any atom is 0.203 e. The molecule has 136 valence electrons. The number of hydrogen-bond acceptors (Lipinski definition) is 5. The van der Waals surface area contributed by atoms with Crippen LogP contribution in [0.15, 0.2) is 36.4 Å². The van der Waals surface area contributed by atoms with Crippen molar-refractivity contribution in [2.24, 2.45) is 0 Å². The minimum absolute atomic E-state index is 0.138. The van der Waals surface area contributed by atoms with Gasteiger partial charge in [0, 0.05) is 17.6 Å². The Hall–Kier alpha value is -2.79. The van der Waals surface area contributed by atoms with Crippen LogP contribution in [0.5, 0.6) is 17.2 Å². The molecular weight excluding hydrogens is 330 g/mol. The Kier molecular flexibility index (Phi) is 5.28. The van der Waals surface area contributed by atoms with Crippen LogP contribution in [0.2, 0.25) is 0 Å². The smallest absolute Gasteiger partial charge is 0.203 e. The summed E-state index contributed by atoms with van der Waals surface area (Å²) in [5, 5.41) is 10.2.